The van der Waals surface area contributed by atoms with Crippen LogP contribution >= 0.6 is 0 Å². The van der Waals surface area contributed by atoms with Gasteiger partial charge in [0, 0.05) is 12.2 Å². The van der Waals surface area contributed by atoms with Crippen molar-refractivity contribution < 1.29 is 0 Å². The fourth-order valence-electron chi connectivity index (χ4n) is 2.79. The quantitative estimate of drug-likeness (QED) is 0.837. The van der Waals surface area contributed by atoms with Crippen molar-refractivity contribution in [1.29, 1.82) is 0 Å². The van der Waals surface area contributed by atoms with Crippen LogP contribution in [0.4, 0.5) is 5.69 Å². The van der Waals surface area contributed by atoms with E-state index < -0.39 is 0 Å². The van der Waals surface area contributed by atoms with Crippen LogP contribution in [-0.2, 0) is 0 Å². The smallest absolute Gasteiger partial charge is 0.0399 e. The van der Waals surface area contributed by atoms with Crippen LogP contribution in [0.25, 0.3) is 0 Å². The topological polar surface area (TPSA) is 24.1 Å². The van der Waals surface area contributed by atoms with Gasteiger partial charge in [-0.3, -0.25) is 0 Å². The summed E-state index contributed by atoms with van der Waals surface area (Å²) >= 11 is 0. The molecule has 0 aromatic heterocycles. The van der Waals surface area contributed by atoms with Gasteiger partial charge in [-0.05, 0) is 63.7 Å². The lowest BCUT2D eigenvalue weighted by atomic mass is 9.97. The first-order valence-electron chi connectivity index (χ1n) is 6.69. The molecule has 2 heteroatoms. The van der Waals surface area contributed by atoms with E-state index in [9.17, 15) is 0 Å². The number of benzene rings is 1. The maximum Gasteiger partial charge on any atom is 0.0399 e. The number of nitrogens with one attached hydrogen (secondary N) is 2. The molecular formula is C15H24N2. The molecule has 17 heavy (non-hydrogen) atoms. The Labute approximate surface area is 105 Å². The van der Waals surface area contributed by atoms with Crippen molar-refractivity contribution >= 4 is 5.69 Å². The van der Waals surface area contributed by atoms with Crippen LogP contribution in [0.1, 0.15) is 29.5 Å². The Morgan fingerprint density at radius 2 is 1.71 bits per heavy atom. The number of piperidine rings is 1. The molecule has 0 spiro atoms. The summed E-state index contributed by atoms with van der Waals surface area (Å²) in [5.41, 5.74) is 5.44. The van der Waals surface area contributed by atoms with Gasteiger partial charge in [0.15, 0.2) is 0 Å². The van der Waals surface area contributed by atoms with Crippen molar-refractivity contribution in [3.05, 3.63) is 28.8 Å². The molecule has 1 heterocycles. The molecule has 0 amide bonds. The van der Waals surface area contributed by atoms with E-state index >= 15 is 0 Å². The first-order valence-corrected chi connectivity index (χ1v) is 6.69. The predicted molar refractivity (Wildman–Crippen MR) is 74.7 cm³/mol. The van der Waals surface area contributed by atoms with Crippen LogP contribution in [-0.4, -0.2) is 19.6 Å². The SMILES string of the molecule is Cc1cc(C)c(NCC2CCNCC2)c(C)c1. The molecule has 0 radical (unpaired) electrons. The summed E-state index contributed by atoms with van der Waals surface area (Å²) in [6.45, 7) is 10.0. The van der Waals surface area contributed by atoms with Gasteiger partial charge in [-0.25, -0.2) is 0 Å². The second-order valence-corrected chi connectivity index (χ2v) is 5.35. The van der Waals surface area contributed by atoms with E-state index in [1.165, 1.54) is 48.3 Å². The van der Waals surface area contributed by atoms with Gasteiger partial charge in [-0.2, -0.15) is 0 Å². The zero-order valence-corrected chi connectivity index (χ0v) is 11.3. The molecular weight excluding hydrogens is 208 g/mol. The monoisotopic (exact) mass is 232 g/mol. The Hall–Kier alpha value is -1.02. The number of hydrogen-bond donors (Lipinski definition) is 2. The van der Waals surface area contributed by atoms with E-state index in [4.69, 9.17) is 0 Å². The summed E-state index contributed by atoms with van der Waals surface area (Å²) in [6, 6.07) is 4.52. The van der Waals surface area contributed by atoms with E-state index in [1.54, 1.807) is 0 Å². The van der Waals surface area contributed by atoms with E-state index in [-0.39, 0.29) is 0 Å². The van der Waals surface area contributed by atoms with Crippen LogP contribution in [0.15, 0.2) is 12.1 Å². The maximum atomic E-state index is 3.65. The van der Waals surface area contributed by atoms with E-state index in [2.05, 4.69) is 43.5 Å². The van der Waals surface area contributed by atoms with Gasteiger partial charge in [0.2, 0.25) is 0 Å². The molecule has 0 bridgehead atoms. The Morgan fingerprint density at radius 1 is 1.12 bits per heavy atom. The van der Waals surface area contributed by atoms with Gasteiger partial charge < -0.3 is 10.6 Å². The van der Waals surface area contributed by atoms with Gasteiger partial charge >= 0.3 is 0 Å². The Kier molecular flexibility index (Phi) is 4.06. The summed E-state index contributed by atoms with van der Waals surface area (Å²) < 4.78 is 0. The van der Waals surface area contributed by atoms with E-state index in [0.29, 0.717) is 0 Å². The molecule has 0 aliphatic carbocycles. The zero-order valence-electron chi connectivity index (χ0n) is 11.3. The summed E-state index contributed by atoms with van der Waals surface area (Å²) in [4.78, 5) is 0. The van der Waals surface area contributed by atoms with E-state index in [0.717, 1.165) is 12.5 Å². The Bertz CT molecular complexity index is 356. The van der Waals surface area contributed by atoms with Crippen LogP contribution < -0.4 is 10.6 Å². The minimum Gasteiger partial charge on any atom is -0.384 e. The van der Waals surface area contributed by atoms with Crippen LogP contribution in [0.5, 0.6) is 0 Å². The maximum absolute atomic E-state index is 3.65. The van der Waals surface area contributed by atoms with Crippen molar-refractivity contribution in [2.24, 2.45) is 5.92 Å². The summed E-state index contributed by atoms with van der Waals surface area (Å²) in [6.07, 6.45) is 2.61. The highest BCUT2D eigenvalue weighted by atomic mass is 14.9. The minimum absolute atomic E-state index is 0.830. The molecule has 1 aromatic carbocycles. The van der Waals surface area contributed by atoms with E-state index in [1.807, 2.05) is 0 Å². The van der Waals surface area contributed by atoms with Crippen molar-refractivity contribution in [2.45, 2.75) is 33.6 Å². The van der Waals surface area contributed by atoms with Crippen molar-refractivity contribution in [2.75, 3.05) is 25.0 Å². The molecule has 2 N–H and O–H groups in total. The molecule has 2 nitrogen and oxygen atoms in total. The largest absolute Gasteiger partial charge is 0.384 e. The van der Waals surface area contributed by atoms with Crippen LogP contribution in [0.2, 0.25) is 0 Å². The first-order chi connectivity index (χ1) is 8.16. The van der Waals surface area contributed by atoms with Crippen LogP contribution in [0.3, 0.4) is 0 Å². The van der Waals surface area contributed by atoms with Gasteiger partial charge in [-0.1, -0.05) is 17.7 Å². The lowest BCUT2D eigenvalue weighted by Gasteiger charge is -2.24. The first kappa shape index (κ1) is 12.4. The van der Waals surface area contributed by atoms with Gasteiger partial charge in [0.1, 0.15) is 0 Å². The molecule has 1 aliphatic rings. The molecule has 0 unspecified atom stereocenters. The third-order valence-electron chi connectivity index (χ3n) is 3.70. The second kappa shape index (κ2) is 5.54. The van der Waals surface area contributed by atoms with Crippen molar-refractivity contribution in [1.82, 2.24) is 5.32 Å². The molecule has 1 aliphatic heterocycles. The summed E-state index contributed by atoms with van der Waals surface area (Å²) in [5.74, 6) is 0.830. The number of aryl methyl sites for hydroxylation is 3. The third kappa shape index (κ3) is 3.22. The summed E-state index contributed by atoms with van der Waals surface area (Å²) in [5, 5.41) is 7.07. The fourth-order valence-corrected chi connectivity index (χ4v) is 2.79. The van der Waals surface area contributed by atoms with Crippen molar-refractivity contribution in [3.8, 4) is 0 Å². The molecule has 0 atom stereocenters. The van der Waals surface area contributed by atoms with Gasteiger partial charge in [0.05, 0.1) is 0 Å². The highest BCUT2D eigenvalue weighted by Crippen LogP contribution is 2.23. The van der Waals surface area contributed by atoms with Gasteiger partial charge in [0.25, 0.3) is 0 Å². The number of rotatable bonds is 3. The molecule has 2 rings (SSSR count). The second-order valence-electron chi connectivity index (χ2n) is 5.35. The highest BCUT2D eigenvalue weighted by Gasteiger charge is 2.13. The number of hydrogen-bond acceptors (Lipinski definition) is 2. The average molecular weight is 232 g/mol. The standard InChI is InChI=1S/C15H24N2/c1-11-8-12(2)15(13(3)9-11)17-10-14-4-6-16-7-5-14/h8-9,14,16-17H,4-7,10H2,1-3H3. The minimum atomic E-state index is 0.830. The predicted octanol–water partition coefficient (Wildman–Crippen LogP) is 3.02. The lowest BCUT2D eigenvalue weighted by Crippen LogP contribution is -2.31. The molecule has 0 saturated carbocycles. The molecule has 1 saturated heterocycles. The molecule has 1 aromatic rings. The summed E-state index contributed by atoms with van der Waals surface area (Å²) in [7, 11) is 0. The normalized spacial score (nSPS) is 17.1. The van der Waals surface area contributed by atoms with Crippen LogP contribution in [0, 0.1) is 26.7 Å². The number of anilines is 1. The Balaban J connectivity index is 1.98. The molecule has 94 valence electrons. The molecule has 1 fully saturated rings. The zero-order chi connectivity index (χ0) is 12.3. The average Bonchev–Trinajstić information content (AvgIpc) is 2.29. The fraction of sp³-hybridized carbons (Fsp3) is 0.600. The third-order valence-corrected chi connectivity index (χ3v) is 3.70. The Morgan fingerprint density at radius 3 is 2.29 bits per heavy atom. The van der Waals surface area contributed by atoms with Gasteiger partial charge in [-0.15, -0.1) is 0 Å². The van der Waals surface area contributed by atoms with Crippen molar-refractivity contribution in [3.63, 3.8) is 0 Å². The highest BCUT2D eigenvalue weighted by molar-refractivity contribution is 5.58. The lowest BCUT2D eigenvalue weighted by molar-refractivity contribution is 0.390.